The molecule has 3 heteroatoms. The van der Waals surface area contributed by atoms with E-state index in [1.807, 2.05) is 0 Å². The quantitative estimate of drug-likeness (QED) is 0.332. The number of rotatable bonds is 1. The second-order valence-electron chi connectivity index (χ2n) is 6.32. The summed E-state index contributed by atoms with van der Waals surface area (Å²) in [5.41, 5.74) is 6.55. The molecule has 0 saturated carbocycles. The number of aromatic amines is 1. The van der Waals surface area contributed by atoms with Gasteiger partial charge in [0.2, 0.25) is 0 Å². The molecular weight excluding hydrogens is 359 g/mol. The van der Waals surface area contributed by atoms with Crippen LogP contribution in [0.2, 0.25) is 0 Å². The van der Waals surface area contributed by atoms with E-state index in [-0.39, 0.29) is 0 Å². The Balaban J connectivity index is 1.86. The van der Waals surface area contributed by atoms with Gasteiger partial charge in [-0.25, -0.2) is 0 Å². The third-order valence-electron chi connectivity index (χ3n) is 4.83. The summed E-state index contributed by atoms with van der Waals surface area (Å²) >= 11 is 0.335. The molecule has 2 heterocycles. The van der Waals surface area contributed by atoms with Gasteiger partial charge in [0.1, 0.15) is 0 Å². The van der Waals surface area contributed by atoms with Crippen LogP contribution in [0.1, 0.15) is 5.56 Å². The fourth-order valence-electron chi connectivity index (χ4n) is 3.54. The van der Waals surface area contributed by atoms with Crippen LogP contribution in [0.4, 0.5) is 0 Å². The number of nitrogens with one attached hydrogen (secondary N) is 1. The first-order valence-electron chi connectivity index (χ1n) is 8.11. The van der Waals surface area contributed by atoms with Gasteiger partial charge in [0.05, 0.1) is 0 Å². The third-order valence-corrected chi connectivity index (χ3v) is 7.42. The zero-order chi connectivity index (χ0) is 16.3. The Kier molecular flexibility index (Phi) is 2.97. The van der Waals surface area contributed by atoms with Crippen molar-refractivity contribution in [1.82, 2.24) is 4.98 Å². The summed E-state index contributed by atoms with van der Waals surface area (Å²) in [6.07, 6.45) is 0. The summed E-state index contributed by atoms with van der Waals surface area (Å²) in [5, 5.41) is 2.62. The van der Waals surface area contributed by atoms with E-state index in [4.69, 9.17) is 0 Å². The average molecular weight is 376 g/mol. The topological polar surface area (TPSA) is 19.7 Å². The normalized spacial score (nSPS) is 11.8. The van der Waals surface area contributed by atoms with Gasteiger partial charge in [-0.1, -0.05) is 0 Å². The first kappa shape index (κ1) is 14.0. The van der Waals surface area contributed by atoms with Crippen LogP contribution in [-0.4, -0.2) is 19.5 Å². The molecule has 3 aromatic carbocycles. The van der Waals surface area contributed by atoms with Crippen LogP contribution in [-0.2, 0) is 7.05 Å². The van der Waals surface area contributed by atoms with E-state index in [1.54, 1.807) is 0 Å². The molecule has 0 bridgehead atoms. The summed E-state index contributed by atoms with van der Waals surface area (Å²) in [5.74, 6) is 0. The van der Waals surface area contributed by atoms with Gasteiger partial charge in [-0.3, -0.25) is 0 Å². The van der Waals surface area contributed by atoms with E-state index in [0.29, 0.717) is 14.5 Å². The molecule has 0 aliphatic heterocycles. The van der Waals surface area contributed by atoms with Crippen LogP contribution in [0, 0.1) is 6.92 Å². The number of nitrogens with zero attached hydrogens (tertiary/aromatic N) is 1. The Morgan fingerprint density at radius 3 is 2.54 bits per heavy atom. The molecule has 116 valence electrons. The molecule has 5 rings (SSSR count). The van der Waals surface area contributed by atoms with Crippen molar-refractivity contribution in [2.75, 3.05) is 0 Å². The van der Waals surface area contributed by atoms with Crippen LogP contribution in [0.25, 0.3) is 41.7 Å². The molecule has 0 atom stereocenters. The Morgan fingerprint density at radius 2 is 1.67 bits per heavy atom. The van der Waals surface area contributed by atoms with Crippen molar-refractivity contribution in [3.8, 4) is 10.1 Å². The second kappa shape index (κ2) is 5.07. The molecule has 0 fully saturated rings. The van der Waals surface area contributed by atoms with Crippen molar-refractivity contribution in [2.24, 2.45) is 7.05 Å². The summed E-state index contributed by atoms with van der Waals surface area (Å²) in [7, 11) is 2.20. The monoisotopic (exact) mass is 377 g/mol. The first-order valence-corrected chi connectivity index (χ1v) is 9.83. The fraction of sp³-hybridized carbons (Fsp3) is 0.0952. The predicted octanol–water partition coefficient (Wildman–Crippen LogP) is 4.33. The van der Waals surface area contributed by atoms with Crippen molar-refractivity contribution in [1.29, 1.82) is 0 Å². The van der Waals surface area contributed by atoms with E-state index < -0.39 is 0 Å². The maximum atomic E-state index is 3.57. The average Bonchev–Trinajstić information content (AvgIpc) is 3.11. The van der Waals surface area contributed by atoms with Gasteiger partial charge in [0.25, 0.3) is 0 Å². The molecular formula is C21H17N2Se+. The molecule has 2 nitrogen and oxygen atoms in total. The van der Waals surface area contributed by atoms with Crippen molar-refractivity contribution >= 4 is 46.1 Å². The summed E-state index contributed by atoms with van der Waals surface area (Å²) in [6.45, 7) is 2.20. The molecule has 0 unspecified atom stereocenters. The van der Waals surface area contributed by atoms with Gasteiger partial charge in [-0.05, 0) is 0 Å². The predicted molar refractivity (Wildman–Crippen MR) is 102 cm³/mol. The maximum absolute atomic E-state index is 3.57. The number of aromatic nitrogens is 2. The van der Waals surface area contributed by atoms with E-state index in [9.17, 15) is 0 Å². The third kappa shape index (κ3) is 1.92. The number of fused-ring (bicyclic) bond motifs is 4. The number of para-hydroxylation sites is 1. The standard InChI is InChI=1S/C21H17N2Se/c1-13-7-3-4-8-14(13)21-23(2)19-11-16-15-9-5-6-10-17(15)22-18(16)12-20(19)24-21/h3-12,22H,1-2H3/q+1. The molecule has 2 aromatic heterocycles. The zero-order valence-corrected chi connectivity index (χ0v) is 15.3. The number of hydrogen-bond acceptors (Lipinski definition) is 0. The molecule has 0 amide bonds. The number of aryl methyl sites for hydroxylation is 2. The van der Waals surface area contributed by atoms with Crippen molar-refractivity contribution in [3.05, 3.63) is 66.2 Å². The Hall–Kier alpha value is -2.35. The first-order chi connectivity index (χ1) is 11.7. The molecule has 1 N–H and O–H groups in total. The number of benzene rings is 3. The van der Waals surface area contributed by atoms with Gasteiger partial charge >= 0.3 is 146 Å². The van der Waals surface area contributed by atoms with Crippen molar-refractivity contribution < 1.29 is 4.57 Å². The van der Waals surface area contributed by atoms with Gasteiger partial charge in [0, 0.05) is 0 Å². The van der Waals surface area contributed by atoms with Crippen LogP contribution in [0.15, 0.2) is 60.7 Å². The molecule has 5 aromatic rings. The number of H-pyrrole nitrogens is 1. The minimum atomic E-state index is 0.335. The summed E-state index contributed by atoms with van der Waals surface area (Å²) in [4.78, 5) is 3.57. The van der Waals surface area contributed by atoms with Gasteiger partial charge in [-0.2, -0.15) is 0 Å². The van der Waals surface area contributed by atoms with E-state index >= 15 is 0 Å². The van der Waals surface area contributed by atoms with Gasteiger partial charge < -0.3 is 0 Å². The van der Waals surface area contributed by atoms with E-state index in [1.165, 1.54) is 47.3 Å². The summed E-state index contributed by atoms with van der Waals surface area (Å²) in [6, 6.07) is 22.0. The zero-order valence-electron chi connectivity index (χ0n) is 13.6. The van der Waals surface area contributed by atoms with Crippen LogP contribution < -0.4 is 4.57 Å². The molecule has 0 saturated heterocycles. The van der Waals surface area contributed by atoms with Crippen LogP contribution >= 0.6 is 0 Å². The Bertz CT molecular complexity index is 1230. The SMILES string of the molecule is Cc1ccccc1-c1[se]c2cc3[nH]c4ccccc4c3cc2[n+]1C. The van der Waals surface area contributed by atoms with E-state index in [2.05, 4.69) is 84.2 Å². The van der Waals surface area contributed by atoms with Gasteiger partial charge in [0.15, 0.2) is 0 Å². The molecule has 0 aliphatic rings. The van der Waals surface area contributed by atoms with Crippen LogP contribution in [0.3, 0.4) is 0 Å². The molecule has 0 aliphatic carbocycles. The fourth-order valence-corrected chi connectivity index (χ4v) is 6.18. The van der Waals surface area contributed by atoms with Gasteiger partial charge in [-0.15, -0.1) is 0 Å². The van der Waals surface area contributed by atoms with Crippen molar-refractivity contribution in [2.45, 2.75) is 6.92 Å². The van der Waals surface area contributed by atoms with E-state index in [0.717, 1.165) is 0 Å². The van der Waals surface area contributed by atoms with Crippen molar-refractivity contribution in [3.63, 3.8) is 0 Å². The second-order valence-corrected chi connectivity index (χ2v) is 8.48. The summed E-state index contributed by atoms with van der Waals surface area (Å²) < 4.78 is 5.30. The Labute approximate surface area is 146 Å². The van der Waals surface area contributed by atoms with Crippen LogP contribution in [0.5, 0.6) is 0 Å². The molecule has 0 spiro atoms. The minimum absolute atomic E-state index is 0.335. The molecule has 24 heavy (non-hydrogen) atoms. The Morgan fingerprint density at radius 1 is 0.875 bits per heavy atom. The molecule has 0 radical (unpaired) electrons. The number of hydrogen-bond donors (Lipinski definition) is 1.